The lowest BCUT2D eigenvalue weighted by Gasteiger charge is -2.40. The number of piperidine rings is 1. The molecule has 1 saturated heterocycles. The Morgan fingerprint density at radius 2 is 1.85 bits per heavy atom. The van der Waals surface area contributed by atoms with E-state index in [1.807, 2.05) is 0 Å². The van der Waals surface area contributed by atoms with Crippen LogP contribution in [0.5, 0.6) is 0 Å². The molecule has 1 aliphatic heterocycles. The van der Waals surface area contributed by atoms with Gasteiger partial charge in [0.05, 0.1) is 0 Å². The summed E-state index contributed by atoms with van der Waals surface area (Å²) in [6.07, 6.45) is -2.39. The molecule has 1 aromatic carbocycles. The molecule has 1 heterocycles. The summed E-state index contributed by atoms with van der Waals surface area (Å²) in [4.78, 5) is 14.1. The highest BCUT2D eigenvalue weighted by atomic mass is 19.4. The number of rotatable bonds is 7. The van der Waals surface area contributed by atoms with Crippen molar-refractivity contribution in [3.05, 3.63) is 35.9 Å². The van der Waals surface area contributed by atoms with Crippen LogP contribution in [0.4, 0.5) is 18.0 Å². The van der Waals surface area contributed by atoms with Crippen LogP contribution < -0.4 is 5.32 Å². The van der Waals surface area contributed by atoms with Crippen LogP contribution in [-0.2, 0) is 10.5 Å². The van der Waals surface area contributed by atoms with Gasteiger partial charge in [-0.1, -0.05) is 30.3 Å². The highest BCUT2D eigenvalue weighted by Gasteiger charge is 2.54. The number of nitrogens with one attached hydrogen (secondary N) is 1. The number of alkyl halides is 3. The number of ether oxygens (including phenoxy) is 1. The number of benzene rings is 1. The van der Waals surface area contributed by atoms with Gasteiger partial charge in [-0.3, -0.25) is 0 Å². The summed E-state index contributed by atoms with van der Waals surface area (Å²) in [7, 11) is 1.41. The molecule has 1 aromatic rings. The van der Waals surface area contributed by atoms with Gasteiger partial charge in [0.1, 0.15) is 5.92 Å². The maximum Gasteiger partial charge on any atom is 0.396 e. The quantitative estimate of drug-likeness (QED) is 0.554. The summed E-state index contributed by atoms with van der Waals surface area (Å²) in [6, 6.07) is 6.83. The molecule has 0 aliphatic carbocycles. The smallest absolute Gasteiger partial charge is 0.385 e. The molecule has 5 nitrogen and oxygen atoms in total. The third kappa shape index (κ3) is 5.59. The fourth-order valence-electron chi connectivity index (χ4n) is 3.43. The monoisotopic (exact) mass is 388 g/mol. The number of methoxy groups -OCH3 is 1. The summed E-state index contributed by atoms with van der Waals surface area (Å²) in [6.45, 7) is 1.08. The van der Waals surface area contributed by atoms with E-state index < -0.39 is 23.9 Å². The van der Waals surface area contributed by atoms with Crippen LogP contribution in [0.2, 0.25) is 0 Å². The molecular formula is C19H27F3N2O3. The summed E-state index contributed by atoms with van der Waals surface area (Å²) >= 11 is 0. The van der Waals surface area contributed by atoms with Crippen LogP contribution >= 0.6 is 0 Å². The van der Waals surface area contributed by atoms with Crippen molar-refractivity contribution < 1.29 is 27.8 Å². The zero-order valence-electron chi connectivity index (χ0n) is 15.5. The van der Waals surface area contributed by atoms with Crippen molar-refractivity contribution >= 4 is 6.03 Å². The van der Waals surface area contributed by atoms with Gasteiger partial charge in [0.25, 0.3) is 0 Å². The fourth-order valence-corrected chi connectivity index (χ4v) is 3.43. The number of hydrogen-bond acceptors (Lipinski definition) is 3. The molecular weight excluding hydrogens is 361 g/mol. The Morgan fingerprint density at radius 1 is 1.22 bits per heavy atom. The van der Waals surface area contributed by atoms with Crippen LogP contribution in [0, 0.1) is 5.92 Å². The number of carbonyl (C=O) groups is 1. The van der Waals surface area contributed by atoms with Gasteiger partial charge < -0.3 is 20.1 Å². The molecule has 0 radical (unpaired) electrons. The molecule has 2 N–H and O–H groups in total. The molecule has 2 unspecified atom stereocenters. The number of hydrogen-bond donors (Lipinski definition) is 2. The lowest BCUT2D eigenvalue weighted by molar-refractivity contribution is -0.238. The van der Waals surface area contributed by atoms with Crippen molar-refractivity contribution in [3.8, 4) is 0 Å². The predicted octanol–water partition coefficient (Wildman–Crippen LogP) is 3.63. The maximum atomic E-state index is 13.9. The Bertz CT molecular complexity index is 592. The number of amides is 2. The van der Waals surface area contributed by atoms with E-state index in [1.54, 1.807) is 6.07 Å². The summed E-state index contributed by atoms with van der Waals surface area (Å²) in [5.41, 5.74) is -2.54. The number of aliphatic hydroxyl groups is 1. The molecule has 2 rings (SSSR count). The Kier molecular flexibility index (Phi) is 7.49. The minimum Gasteiger partial charge on any atom is -0.385 e. The van der Waals surface area contributed by atoms with E-state index in [4.69, 9.17) is 4.74 Å². The molecule has 8 heteroatoms. The molecule has 0 saturated carbocycles. The van der Waals surface area contributed by atoms with Crippen LogP contribution in [0.1, 0.15) is 37.7 Å². The topological polar surface area (TPSA) is 61.8 Å². The zero-order chi connectivity index (χ0) is 19.9. The minimum absolute atomic E-state index is 0.00935. The number of halogens is 3. The van der Waals surface area contributed by atoms with E-state index in [1.165, 1.54) is 36.3 Å². The van der Waals surface area contributed by atoms with E-state index in [0.717, 1.165) is 19.3 Å². The van der Waals surface area contributed by atoms with Gasteiger partial charge >= 0.3 is 12.2 Å². The van der Waals surface area contributed by atoms with Gasteiger partial charge in [-0.15, -0.1) is 0 Å². The minimum atomic E-state index is -4.70. The Morgan fingerprint density at radius 3 is 2.41 bits per heavy atom. The fraction of sp³-hybridized carbons (Fsp3) is 0.632. The van der Waals surface area contributed by atoms with E-state index in [2.05, 4.69) is 5.32 Å². The van der Waals surface area contributed by atoms with E-state index in [0.29, 0.717) is 13.1 Å². The number of urea groups is 1. The highest BCUT2D eigenvalue weighted by Crippen LogP contribution is 2.42. The van der Waals surface area contributed by atoms with Crippen LogP contribution in [0.15, 0.2) is 30.3 Å². The lowest BCUT2D eigenvalue weighted by atomic mass is 9.84. The van der Waals surface area contributed by atoms with Crippen molar-refractivity contribution in [2.75, 3.05) is 26.8 Å². The first-order valence-corrected chi connectivity index (χ1v) is 9.19. The van der Waals surface area contributed by atoms with Gasteiger partial charge in [0.15, 0.2) is 5.72 Å². The van der Waals surface area contributed by atoms with Gasteiger partial charge in [0.2, 0.25) is 0 Å². The lowest BCUT2D eigenvalue weighted by Crippen LogP contribution is -2.59. The normalized spacial score (nSPS) is 18.6. The third-order valence-electron chi connectivity index (χ3n) is 4.90. The second-order valence-corrected chi connectivity index (χ2v) is 6.84. The Balaban J connectivity index is 2.33. The SMILES string of the molecule is COCCCC(C(F)(F)F)C(O)(NC(=O)N1CCCCC1)c1ccccc1. The van der Waals surface area contributed by atoms with Gasteiger partial charge in [-0.05, 0) is 32.1 Å². The molecule has 152 valence electrons. The van der Waals surface area contributed by atoms with Crippen molar-refractivity contribution in [3.63, 3.8) is 0 Å². The van der Waals surface area contributed by atoms with Crippen molar-refractivity contribution in [1.29, 1.82) is 0 Å². The Labute approximate surface area is 157 Å². The Hall–Kier alpha value is -1.80. The second-order valence-electron chi connectivity index (χ2n) is 6.84. The molecule has 2 amide bonds. The average molecular weight is 388 g/mol. The molecule has 27 heavy (non-hydrogen) atoms. The number of nitrogens with zero attached hydrogens (tertiary/aromatic N) is 1. The van der Waals surface area contributed by atoms with Crippen molar-refractivity contribution in [2.24, 2.45) is 5.92 Å². The standard InChI is InChI=1S/C19H27F3N2O3/c1-27-14-8-11-16(19(20,21)22)18(26,15-9-4-2-5-10-15)23-17(25)24-12-6-3-7-13-24/h2,4-5,9-10,16,26H,3,6-8,11-14H2,1H3,(H,23,25). The number of carbonyl (C=O) groups excluding carboxylic acids is 1. The van der Waals surface area contributed by atoms with Crippen molar-refractivity contribution in [2.45, 2.75) is 44.0 Å². The molecule has 2 atom stereocenters. The van der Waals surface area contributed by atoms with E-state index in [-0.39, 0.29) is 25.0 Å². The first-order chi connectivity index (χ1) is 12.8. The first-order valence-electron chi connectivity index (χ1n) is 9.19. The molecule has 0 aromatic heterocycles. The van der Waals surface area contributed by atoms with Crippen LogP contribution in [0.25, 0.3) is 0 Å². The average Bonchev–Trinajstić information content (AvgIpc) is 2.65. The van der Waals surface area contributed by atoms with Gasteiger partial charge in [0, 0.05) is 32.4 Å². The van der Waals surface area contributed by atoms with Crippen LogP contribution in [0.3, 0.4) is 0 Å². The van der Waals surface area contributed by atoms with Gasteiger partial charge in [-0.2, -0.15) is 13.2 Å². The largest absolute Gasteiger partial charge is 0.396 e. The predicted molar refractivity (Wildman–Crippen MR) is 94.9 cm³/mol. The van der Waals surface area contributed by atoms with Crippen molar-refractivity contribution in [1.82, 2.24) is 10.2 Å². The maximum absolute atomic E-state index is 13.9. The molecule has 0 bridgehead atoms. The summed E-state index contributed by atoms with van der Waals surface area (Å²) < 4.78 is 46.4. The molecule has 0 spiro atoms. The molecule has 1 aliphatic rings. The third-order valence-corrected chi connectivity index (χ3v) is 4.90. The summed E-state index contributed by atoms with van der Waals surface area (Å²) in [5.74, 6) is -2.16. The first kappa shape index (κ1) is 21.5. The summed E-state index contributed by atoms with van der Waals surface area (Å²) in [5, 5.41) is 13.5. The number of likely N-dealkylation sites (tertiary alicyclic amines) is 1. The van der Waals surface area contributed by atoms with Crippen LogP contribution in [-0.4, -0.2) is 49.0 Å². The second kappa shape index (κ2) is 9.41. The van der Waals surface area contributed by atoms with Gasteiger partial charge in [-0.25, -0.2) is 4.79 Å². The van der Waals surface area contributed by atoms with E-state index >= 15 is 0 Å². The highest BCUT2D eigenvalue weighted by molar-refractivity contribution is 5.75. The van der Waals surface area contributed by atoms with E-state index in [9.17, 15) is 23.1 Å². The molecule has 1 fully saturated rings. The zero-order valence-corrected chi connectivity index (χ0v) is 15.5.